The van der Waals surface area contributed by atoms with Crippen LogP contribution in [0.2, 0.25) is 0 Å². The summed E-state index contributed by atoms with van der Waals surface area (Å²) in [5.74, 6) is -1.27. The molecule has 122 valence electrons. The topological polar surface area (TPSA) is 90.8 Å². The molecule has 0 spiro atoms. The number of carboxylic acid groups (broad SMARTS) is 1. The third-order valence-corrected chi connectivity index (χ3v) is 2.98. The van der Waals surface area contributed by atoms with E-state index in [4.69, 9.17) is 25.8 Å². The van der Waals surface area contributed by atoms with Crippen LogP contribution in [0.1, 0.15) is 21.9 Å². The van der Waals surface area contributed by atoms with Gasteiger partial charge in [-0.25, -0.2) is 9.78 Å². The molecule has 7 nitrogen and oxygen atoms in total. The first-order valence-corrected chi connectivity index (χ1v) is 7.17. The van der Waals surface area contributed by atoms with E-state index in [9.17, 15) is 9.90 Å². The van der Waals surface area contributed by atoms with Gasteiger partial charge in [-0.15, -0.1) is 11.6 Å². The zero-order chi connectivity index (χ0) is 16.7. The second-order valence-corrected chi connectivity index (χ2v) is 4.65. The molecule has 2 aromatic rings. The molecule has 0 aliphatic heterocycles. The molecule has 0 saturated carbocycles. The molecular formula is C15H15ClN2O5. The van der Waals surface area contributed by atoms with Crippen molar-refractivity contribution in [2.24, 2.45) is 0 Å². The van der Waals surface area contributed by atoms with E-state index in [-0.39, 0.29) is 42.4 Å². The van der Waals surface area contributed by atoms with Gasteiger partial charge in [-0.05, 0) is 5.56 Å². The Balaban J connectivity index is 2.34. The van der Waals surface area contributed by atoms with Crippen LogP contribution >= 0.6 is 11.6 Å². The Kier molecular flexibility index (Phi) is 6.13. The molecular weight excluding hydrogens is 324 g/mol. The number of benzene rings is 1. The zero-order valence-corrected chi connectivity index (χ0v) is 13.1. The minimum atomic E-state index is -1.26. The van der Waals surface area contributed by atoms with Gasteiger partial charge in [-0.2, -0.15) is 4.98 Å². The van der Waals surface area contributed by atoms with Gasteiger partial charge in [0.2, 0.25) is 5.75 Å². The molecule has 23 heavy (non-hydrogen) atoms. The number of rotatable bonds is 8. The van der Waals surface area contributed by atoms with Crippen LogP contribution < -0.4 is 9.47 Å². The van der Waals surface area contributed by atoms with E-state index < -0.39 is 5.97 Å². The van der Waals surface area contributed by atoms with Crippen LogP contribution in [0.25, 0.3) is 0 Å². The molecule has 0 radical (unpaired) electrons. The molecule has 0 aliphatic rings. The van der Waals surface area contributed by atoms with Crippen molar-refractivity contribution in [1.82, 2.24) is 9.97 Å². The normalized spacial score (nSPS) is 10.3. The monoisotopic (exact) mass is 338 g/mol. The lowest BCUT2D eigenvalue weighted by molar-refractivity contribution is 0.0437. The molecule has 0 atom stereocenters. The number of aromatic carboxylic acids is 1. The molecule has 0 aliphatic carbocycles. The number of nitrogens with zero attached hydrogens (tertiary/aromatic N) is 2. The van der Waals surface area contributed by atoms with E-state index in [0.29, 0.717) is 0 Å². The molecule has 2 rings (SSSR count). The Hall–Kier alpha value is -2.38. The number of halogens is 1. The van der Waals surface area contributed by atoms with Crippen molar-refractivity contribution in [2.75, 3.05) is 13.9 Å². The van der Waals surface area contributed by atoms with Gasteiger partial charge >= 0.3 is 5.97 Å². The van der Waals surface area contributed by atoms with Gasteiger partial charge in [0.15, 0.2) is 12.5 Å². The second-order valence-electron chi connectivity index (χ2n) is 4.39. The molecule has 1 aromatic carbocycles. The number of hydrogen-bond acceptors (Lipinski definition) is 6. The van der Waals surface area contributed by atoms with Crippen LogP contribution in [0.4, 0.5) is 0 Å². The highest BCUT2D eigenvalue weighted by molar-refractivity contribution is 6.16. The van der Waals surface area contributed by atoms with Crippen LogP contribution in [0.15, 0.2) is 30.3 Å². The van der Waals surface area contributed by atoms with Crippen molar-refractivity contribution in [3.05, 3.63) is 47.4 Å². The number of alkyl halides is 1. The van der Waals surface area contributed by atoms with Crippen LogP contribution in [0.5, 0.6) is 11.6 Å². The van der Waals surface area contributed by atoms with Crippen molar-refractivity contribution in [3.8, 4) is 11.6 Å². The van der Waals surface area contributed by atoms with Crippen molar-refractivity contribution in [3.63, 3.8) is 0 Å². The summed E-state index contributed by atoms with van der Waals surface area (Å²) in [4.78, 5) is 19.4. The lowest BCUT2D eigenvalue weighted by Crippen LogP contribution is -2.13. The molecule has 0 amide bonds. The van der Waals surface area contributed by atoms with Gasteiger partial charge < -0.3 is 19.3 Å². The molecule has 1 heterocycles. The Labute approximate surface area is 137 Å². The van der Waals surface area contributed by atoms with E-state index >= 15 is 0 Å². The fraction of sp³-hybridized carbons (Fsp3) is 0.267. The van der Waals surface area contributed by atoms with Crippen LogP contribution in [0, 0.1) is 0 Å². The van der Waals surface area contributed by atoms with Gasteiger partial charge in [0.05, 0.1) is 5.88 Å². The molecule has 0 saturated heterocycles. The fourth-order valence-electron chi connectivity index (χ4n) is 1.75. The van der Waals surface area contributed by atoms with E-state index in [1.54, 1.807) is 0 Å². The van der Waals surface area contributed by atoms with E-state index in [2.05, 4.69) is 9.97 Å². The number of carboxylic acids is 1. The number of carbonyl (C=O) groups is 1. The van der Waals surface area contributed by atoms with Crippen LogP contribution in [-0.4, -0.2) is 34.9 Å². The number of aromatic nitrogens is 2. The van der Waals surface area contributed by atoms with Crippen molar-refractivity contribution in [1.29, 1.82) is 0 Å². The van der Waals surface area contributed by atoms with Crippen molar-refractivity contribution < 1.29 is 24.1 Å². The Morgan fingerprint density at radius 3 is 2.57 bits per heavy atom. The molecule has 0 unspecified atom stereocenters. The highest BCUT2D eigenvalue weighted by Gasteiger charge is 2.22. The van der Waals surface area contributed by atoms with Gasteiger partial charge in [0.1, 0.15) is 12.4 Å². The first kappa shape index (κ1) is 17.0. The maximum absolute atomic E-state index is 11.4. The standard InChI is InChI=1S/C15H15ClN2O5/c1-21-9-23-14-13(22-8-10-5-3-2-4-6-10)12(15(19)20)17-11(7-16)18-14/h2-6H,7-9H2,1H3,(H,19,20). The summed E-state index contributed by atoms with van der Waals surface area (Å²) >= 11 is 5.69. The molecule has 8 heteroatoms. The molecule has 0 bridgehead atoms. The molecule has 1 aromatic heterocycles. The lowest BCUT2D eigenvalue weighted by Gasteiger charge is -2.14. The average molecular weight is 339 g/mol. The fourth-order valence-corrected chi connectivity index (χ4v) is 1.87. The SMILES string of the molecule is COCOc1nc(CCl)nc(C(=O)O)c1OCc1ccccc1. The van der Waals surface area contributed by atoms with E-state index in [1.807, 2.05) is 30.3 Å². The molecule has 0 fully saturated rings. The third kappa shape index (κ3) is 4.54. The first-order valence-electron chi connectivity index (χ1n) is 6.64. The van der Waals surface area contributed by atoms with Crippen molar-refractivity contribution in [2.45, 2.75) is 12.5 Å². The number of ether oxygens (including phenoxy) is 3. The predicted octanol–water partition coefficient (Wildman–Crippen LogP) is 2.48. The Morgan fingerprint density at radius 2 is 1.96 bits per heavy atom. The van der Waals surface area contributed by atoms with E-state index in [0.717, 1.165) is 5.56 Å². The summed E-state index contributed by atoms with van der Waals surface area (Å²) < 4.78 is 15.7. The minimum Gasteiger partial charge on any atom is -0.481 e. The predicted molar refractivity (Wildman–Crippen MR) is 81.8 cm³/mol. The maximum Gasteiger partial charge on any atom is 0.358 e. The van der Waals surface area contributed by atoms with Crippen LogP contribution in [0.3, 0.4) is 0 Å². The minimum absolute atomic E-state index is 0.0224. The van der Waals surface area contributed by atoms with Gasteiger partial charge in [-0.1, -0.05) is 30.3 Å². The Bertz CT molecular complexity index is 666. The summed E-state index contributed by atoms with van der Waals surface area (Å²) in [7, 11) is 1.44. The Morgan fingerprint density at radius 1 is 1.22 bits per heavy atom. The van der Waals surface area contributed by atoms with Gasteiger partial charge in [0.25, 0.3) is 5.88 Å². The second kappa shape index (κ2) is 8.30. The zero-order valence-electron chi connectivity index (χ0n) is 12.4. The average Bonchev–Trinajstić information content (AvgIpc) is 2.58. The van der Waals surface area contributed by atoms with Gasteiger partial charge in [-0.3, -0.25) is 0 Å². The highest BCUT2D eigenvalue weighted by atomic mass is 35.5. The quantitative estimate of drug-likeness (QED) is 0.584. The number of hydrogen-bond donors (Lipinski definition) is 1. The number of methoxy groups -OCH3 is 1. The third-order valence-electron chi connectivity index (χ3n) is 2.74. The summed E-state index contributed by atoms with van der Waals surface area (Å²) in [6, 6.07) is 9.28. The smallest absolute Gasteiger partial charge is 0.358 e. The summed E-state index contributed by atoms with van der Waals surface area (Å²) in [6.45, 7) is 0.0353. The largest absolute Gasteiger partial charge is 0.481 e. The summed E-state index contributed by atoms with van der Waals surface area (Å²) in [5.41, 5.74) is 0.556. The first-order chi connectivity index (χ1) is 11.2. The van der Waals surface area contributed by atoms with Crippen molar-refractivity contribution >= 4 is 17.6 Å². The lowest BCUT2D eigenvalue weighted by atomic mass is 10.2. The molecule has 1 N–H and O–H groups in total. The maximum atomic E-state index is 11.4. The van der Waals surface area contributed by atoms with Gasteiger partial charge in [0, 0.05) is 7.11 Å². The van der Waals surface area contributed by atoms with Crippen LogP contribution in [-0.2, 0) is 17.2 Å². The highest BCUT2D eigenvalue weighted by Crippen LogP contribution is 2.30. The van der Waals surface area contributed by atoms with E-state index in [1.165, 1.54) is 7.11 Å². The summed E-state index contributed by atoms with van der Waals surface area (Å²) in [5, 5.41) is 9.33. The summed E-state index contributed by atoms with van der Waals surface area (Å²) in [6.07, 6.45) is 0.